The van der Waals surface area contributed by atoms with E-state index in [1.165, 1.54) is 5.56 Å². The van der Waals surface area contributed by atoms with Crippen LogP contribution in [-0.4, -0.2) is 65.7 Å². The van der Waals surface area contributed by atoms with Gasteiger partial charge in [-0.3, -0.25) is 9.36 Å². The molecule has 1 aromatic heterocycles. The molecular weight excluding hydrogens is 512 g/mol. The molecule has 3 aromatic carbocycles. The van der Waals surface area contributed by atoms with Gasteiger partial charge < -0.3 is 19.3 Å². The predicted molar refractivity (Wildman–Crippen MR) is 156 cm³/mol. The molecule has 4 aromatic rings. The summed E-state index contributed by atoms with van der Waals surface area (Å²) in [5.41, 5.74) is 1.88. The van der Waals surface area contributed by atoms with Crippen LogP contribution in [-0.2, 0) is 19.6 Å². The fraction of sp³-hybridized carbons (Fsp3) is 0.355. The van der Waals surface area contributed by atoms with Crippen LogP contribution in [0, 0.1) is 0 Å². The first-order valence-corrected chi connectivity index (χ1v) is 13.9. The number of piperazine rings is 1. The van der Waals surface area contributed by atoms with Crippen LogP contribution in [0.2, 0.25) is 5.02 Å². The summed E-state index contributed by atoms with van der Waals surface area (Å²) in [7, 11) is 1.59. The SMILES string of the molecule is COc1cccc2c(=O)n(CCCN3CCN(CCc4ccccc4)CC3)c(COc3ccc(Cl)cc3)nc12. The molecule has 0 aliphatic carbocycles. The van der Waals surface area contributed by atoms with Crippen molar-refractivity contribution in [2.75, 3.05) is 46.4 Å². The van der Waals surface area contributed by atoms with Crippen LogP contribution in [0.5, 0.6) is 11.5 Å². The van der Waals surface area contributed by atoms with Gasteiger partial charge in [-0.25, -0.2) is 4.98 Å². The van der Waals surface area contributed by atoms with Crippen molar-refractivity contribution in [1.82, 2.24) is 19.4 Å². The van der Waals surface area contributed by atoms with E-state index in [-0.39, 0.29) is 12.2 Å². The van der Waals surface area contributed by atoms with Crippen molar-refractivity contribution in [2.45, 2.75) is 26.0 Å². The van der Waals surface area contributed by atoms with Crippen LogP contribution >= 0.6 is 11.6 Å². The lowest BCUT2D eigenvalue weighted by molar-refractivity contribution is 0.131. The number of hydrogen-bond donors (Lipinski definition) is 0. The van der Waals surface area contributed by atoms with Gasteiger partial charge in [0.25, 0.3) is 5.56 Å². The number of ether oxygens (including phenoxy) is 2. The minimum absolute atomic E-state index is 0.0701. The number of fused-ring (bicyclic) bond motifs is 1. The second-order valence-electron chi connectivity index (χ2n) is 9.86. The lowest BCUT2D eigenvalue weighted by Crippen LogP contribution is -2.47. The first-order valence-electron chi connectivity index (χ1n) is 13.5. The van der Waals surface area contributed by atoms with Gasteiger partial charge in [-0.1, -0.05) is 48.0 Å². The summed E-state index contributed by atoms with van der Waals surface area (Å²) < 4.78 is 13.2. The van der Waals surface area contributed by atoms with Crippen molar-refractivity contribution < 1.29 is 9.47 Å². The summed E-state index contributed by atoms with van der Waals surface area (Å²) in [4.78, 5) is 23.4. The zero-order valence-electron chi connectivity index (χ0n) is 22.4. The normalized spacial score (nSPS) is 14.5. The minimum Gasteiger partial charge on any atom is -0.494 e. The van der Waals surface area contributed by atoms with Gasteiger partial charge in [-0.05, 0) is 61.3 Å². The van der Waals surface area contributed by atoms with E-state index in [9.17, 15) is 4.79 Å². The highest BCUT2D eigenvalue weighted by atomic mass is 35.5. The van der Waals surface area contributed by atoms with Gasteiger partial charge in [0.15, 0.2) is 0 Å². The maximum absolute atomic E-state index is 13.6. The Kier molecular flexibility index (Phi) is 9.14. The van der Waals surface area contributed by atoms with E-state index in [0.29, 0.717) is 39.8 Å². The average molecular weight is 547 g/mol. The number of methoxy groups -OCH3 is 1. The summed E-state index contributed by atoms with van der Waals surface area (Å²) in [6, 6.07) is 23.3. The van der Waals surface area contributed by atoms with Crippen LogP contribution in [0.1, 0.15) is 17.8 Å². The van der Waals surface area contributed by atoms with E-state index >= 15 is 0 Å². The second-order valence-corrected chi connectivity index (χ2v) is 10.3. The molecule has 0 atom stereocenters. The van der Waals surface area contributed by atoms with Gasteiger partial charge in [0.2, 0.25) is 0 Å². The number of hydrogen-bond acceptors (Lipinski definition) is 6. The topological polar surface area (TPSA) is 59.8 Å². The highest BCUT2D eigenvalue weighted by molar-refractivity contribution is 6.30. The largest absolute Gasteiger partial charge is 0.494 e. The summed E-state index contributed by atoms with van der Waals surface area (Å²) in [6.07, 6.45) is 1.94. The third kappa shape index (κ3) is 6.98. The molecule has 0 amide bonds. The lowest BCUT2D eigenvalue weighted by Gasteiger charge is -2.34. The number of aromatic nitrogens is 2. The Morgan fingerprint density at radius 2 is 1.56 bits per heavy atom. The van der Waals surface area contributed by atoms with Crippen LogP contribution in [0.3, 0.4) is 0 Å². The van der Waals surface area contributed by atoms with Crippen molar-refractivity contribution in [3.8, 4) is 11.5 Å². The fourth-order valence-corrected chi connectivity index (χ4v) is 5.19. The molecule has 1 saturated heterocycles. The number of nitrogens with zero attached hydrogens (tertiary/aromatic N) is 4. The van der Waals surface area contributed by atoms with Gasteiger partial charge in [-0.2, -0.15) is 0 Å². The van der Waals surface area contributed by atoms with Crippen LogP contribution < -0.4 is 15.0 Å². The van der Waals surface area contributed by atoms with Crippen molar-refractivity contribution in [3.05, 3.63) is 99.6 Å². The number of para-hydroxylation sites is 1. The number of halogens is 1. The van der Waals surface area contributed by atoms with Gasteiger partial charge in [0.05, 0.1) is 12.5 Å². The zero-order chi connectivity index (χ0) is 27.0. The Hall–Kier alpha value is -3.39. The van der Waals surface area contributed by atoms with E-state index < -0.39 is 0 Å². The Morgan fingerprint density at radius 3 is 2.28 bits per heavy atom. The Balaban J connectivity index is 1.22. The zero-order valence-corrected chi connectivity index (χ0v) is 23.1. The Labute approximate surface area is 234 Å². The minimum atomic E-state index is -0.0701. The molecule has 1 fully saturated rings. The van der Waals surface area contributed by atoms with Gasteiger partial charge in [0.1, 0.15) is 29.4 Å². The molecule has 2 heterocycles. The van der Waals surface area contributed by atoms with E-state index in [1.807, 2.05) is 30.3 Å². The molecule has 204 valence electrons. The van der Waals surface area contributed by atoms with Crippen LogP contribution in [0.4, 0.5) is 0 Å². The maximum atomic E-state index is 13.6. The van der Waals surface area contributed by atoms with Gasteiger partial charge >= 0.3 is 0 Å². The molecule has 8 heteroatoms. The van der Waals surface area contributed by atoms with Crippen LogP contribution in [0.15, 0.2) is 77.6 Å². The van der Waals surface area contributed by atoms with Crippen molar-refractivity contribution >= 4 is 22.5 Å². The number of rotatable bonds is 11. The van der Waals surface area contributed by atoms with E-state index in [0.717, 1.165) is 52.1 Å². The van der Waals surface area contributed by atoms with Gasteiger partial charge in [0, 0.05) is 44.3 Å². The quantitative estimate of drug-likeness (QED) is 0.267. The van der Waals surface area contributed by atoms with Gasteiger partial charge in [-0.15, -0.1) is 0 Å². The average Bonchev–Trinajstić information content (AvgIpc) is 2.98. The van der Waals surface area contributed by atoms with Crippen molar-refractivity contribution in [2.24, 2.45) is 0 Å². The molecule has 0 spiro atoms. The summed E-state index contributed by atoms with van der Waals surface area (Å²) in [5.74, 6) is 1.83. The Bertz CT molecular complexity index is 1420. The summed E-state index contributed by atoms with van der Waals surface area (Å²) >= 11 is 6.01. The molecule has 39 heavy (non-hydrogen) atoms. The first kappa shape index (κ1) is 27.2. The van der Waals surface area contributed by atoms with E-state index in [1.54, 1.807) is 23.8 Å². The molecule has 7 nitrogen and oxygen atoms in total. The monoisotopic (exact) mass is 546 g/mol. The first-order chi connectivity index (χ1) is 19.1. The fourth-order valence-electron chi connectivity index (χ4n) is 5.07. The number of benzene rings is 3. The molecule has 0 unspecified atom stereocenters. The van der Waals surface area contributed by atoms with Crippen LogP contribution in [0.25, 0.3) is 10.9 Å². The molecular formula is C31H35ClN4O3. The second kappa shape index (κ2) is 13.1. The van der Waals surface area contributed by atoms with E-state index in [4.69, 9.17) is 26.1 Å². The highest BCUT2D eigenvalue weighted by Crippen LogP contribution is 2.22. The molecule has 1 aliphatic heterocycles. The lowest BCUT2D eigenvalue weighted by atomic mass is 10.1. The molecule has 0 N–H and O–H groups in total. The van der Waals surface area contributed by atoms with E-state index in [2.05, 4.69) is 40.1 Å². The smallest absolute Gasteiger partial charge is 0.261 e. The highest BCUT2D eigenvalue weighted by Gasteiger charge is 2.18. The van der Waals surface area contributed by atoms with Crippen molar-refractivity contribution in [1.29, 1.82) is 0 Å². The third-order valence-electron chi connectivity index (χ3n) is 7.31. The Morgan fingerprint density at radius 1 is 0.846 bits per heavy atom. The molecule has 1 aliphatic rings. The summed E-state index contributed by atoms with van der Waals surface area (Å²) in [5, 5.41) is 1.20. The third-order valence-corrected chi connectivity index (χ3v) is 7.56. The standard InChI is InChI=1S/C31H35ClN4O3/c1-38-28-10-5-9-27-30(28)33-29(23-39-26-13-11-25(32)12-14-26)36(31(27)37)17-6-16-34-19-21-35(22-20-34)18-15-24-7-3-2-4-8-24/h2-5,7-14H,6,15-23H2,1H3. The molecule has 0 saturated carbocycles. The summed E-state index contributed by atoms with van der Waals surface area (Å²) in [6.45, 7) is 7.02. The van der Waals surface area contributed by atoms with Crippen molar-refractivity contribution in [3.63, 3.8) is 0 Å². The molecule has 0 radical (unpaired) electrons. The molecule has 5 rings (SSSR count). The predicted octanol–water partition coefficient (Wildman–Crippen LogP) is 4.89. The molecule has 0 bridgehead atoms. The maximum Gasteiger partial charge on any atom is 0.261 e.